The molecule has 0 saturated heterocycles. The van der Waals surface area contributed by atoms with Crippen molar-refractivity contribution in [3.8, 4) is 11.4 Å². The standard InChI is InChI=1S/C27H22F2N4OS/c1-15-12-16(2)14-22(13-15)33-17(3)23(24(30-27(33)35)18-4-8-20(28)9-5-18)26-31-25(32-34-26)19-6-10-21(29)11-7-19/h4-14,24H,1-3H3,(H,30,35). The Balaban J connectivity index is 1.66. The van der Waals surface area contributed by atoms with Gasteiger partial charge >= 0.3 is 0 Å². The van der Waals surface area contributed by atoms with Crippen molar-refractivity contribution in [2.45, 2.75) is 26.8 Å². The largest absolute Gasteiger partial charge is 0.351 e. The summed E-state index contributed by atoms with van der Waals surface area (Å²) in [7, 11) is 0. The molecule has 0 spiro atoms. The van der Waals surface area contributed by atoms with Crippen LogP contribution in [0, 0.1) is 25.5 Å². The zero-order valence-electron chi connectivity index (χ0n) is 19.3. The van der Waals surface area contributed by atoms with Gasteiger partial charge in [0.2, 0.25) is 5.82 Å². The Morgan fingerprint density at radius 2 is 1.49 bits per heavy atom. The van der Waals surface area contributed by atoms with Gasteiger partial charge in [-0.05, 0) is 98.2 Å². The van der Waals surface area contributed by atoms with E-state index in [0.717, 1.165) is 28.1 Å². The van der Waals surface area contributed by atoms with Crippen molar-refractivity contribution >= 4 is 28.6 Å². The molecule has 0 bridgehead atoms. The van der Waals surface area contributed by atoms with Gasteiger partial charge in [0.05, 0.1) is 11.6 Å². The number of benzene rings is 3. The third-order valence-corrected chi connectivity index (χ3v) is 6.21. The van der Waals surface area contributed by atoms with E-state index in [2.05, 4.69) is 33.7 Å². The Kier molecular flexibility index (Phi) is 5.90. The SMILES string of the molecule is CC1=C(c2nc(-c3ccc(F)cc3)no2)C(c2ccc(F)cc2)NC(=S)N1c1cc(C)cc(C)c1. The maximum Gasteiger partial charge on any atom is 0.258 e. The number of hydrogen-bond acceptors (Lipinski definition) is 4. The maximum absolute atomic E-state index is 13.7. The lowest BCUT2D eigenvalue weighted by Gasteiger charge is -2.37. The molecule has 3 aromatic carbocycles. The number of anilines is 1. The number of nitrogens with one attached hydrogen (secondary N) is 1. The van der Waals surface area contributed by atoms with Crippen molar-refractivity contribution in [3.05, 3.63) is 107 Å². The van der Waals surface area contributed by atoms with E-state index in [1.54, 1.807) is 24.3 Å². The number of halogens is 2. The van der Waals surface area contributed by atoms with Gasteiger partial charge in [0.15, 0.2) is 5.11 Å². The number of thiocarbonyl (C=S) groups is 1. The van der Waals surface area contributed by atoms with Crippen LogP contribution in [0.3, 0.4) is 0 Å². The molecule has 0 fully saturated rings. The van der Waals surface area contributed by atoms with Crippen LogP contribution >= 0.6 is 12.2 Å². The summed E-state index contributed by atoms with van der Waals surface area (Å²) >= 11 is 5.78. The monoisotopic (exact) mass is 488 g/mol. The fraction of sp³-hybridized carbons (Fsp3) is 0.148. The van der Waals surface area contributed by atoms with Crippen LogP contribution in [0.5, 0.6) is 0 Å². The minimum Gasteiger partial charge on any atom is -0.351 e. The first-order chi connectivity index (χ1) is 16.8. The molecule has 1 aliphatic rings. The van der Waals surface area contributed by atoms with Crippen LogP contribution < -0.4 is 10.2 Å². The summed E-state index contributed by atoms with van der Waals surface area (Å²) in [6.07, 6.45) is 0. The predicted molar refractivity (Wildman–Crippen MR) is 136 cm³/mol. The Morgan fingerprint density at radius 1 is 0.886 bits per heavy atom. The highest BCUT2D eigenvalue weighted by atomic mass is 32.1. The van der Waals surface area contributed by atoms with Gasteiger partial charge in [0.25, 0.3) is 5.89 Å². The fourth-order valence-corrected chi connectivity index (χ4v) is 4.73. The lowest BCUT2D eigenvalue weighted by Crippen LogP contribution is -2.46. The summed E-state index contributed by atoms with van der Waals surface area (Å²) < 4.78 is 32.8. The normalized spacial score (nSPS) is 16.0. The molecule has 5 rings (SSSR count). The minimum atomic E-state index is -0.438. The molecule has 1 unspecified atom stereocenters. The molecule has 5 nitrogen and oxygen atoms in total. The van der Waals surface area contributed by atoms with E-state index >= 15 is 0 Å². The summed E-state index contributed by atoms with van der Waals surface area (Å²) in [5, 5.41) is 8.01. The maximum atomic E-state index is 13.7. The van der Waals surface area contributed by atoms with Crippen LogP contribution in [0.15, 0.2) is 77.0 Å². The van der Waals surface area contributed by atoms with Crippen LogP contribution in [-0.2, 0) is 0 Å². The highest BCUT2D eigenvalue weighted by molar-refractivity contribution is 7.80. The van der Waals surface area contributed by atoms with Crippen molar-refractivity contribution in [1.29, 1.82) is 0 Å². The average molecular weight is 489 g/mol. The van der Waals surface area contributed by atoms with E-state index < -0.39 is 6.04 Å². The van der Waals surface area contributed by atoms with Crippen molar-refractivity contribution in [2.75, 3.05) is 4.90 Å². The lowest BCUT2D eigenvalue weighted by molar-refractivity contribution is 0.404. The molecular weight excluding hydrogens is 466 g/mol. The summed E-state index contributed by atoms with van der Waals surface area (Å²) in [5.74, 6) is -0.0473. The van der Waals surface area contributed by atoms with Crippen molar-refractivity contribution in [3.63, 3.8) is 0 Å². The smallest absolute Gasteiger partial charge is 0.258 e. The molecule has 0 amide bonds. The highest BCUT2D eigenvalue weighted by Crippen LogP contribution is 2.39. The topological polar surface area (TPSA) is 54.2 Å². The van der Waals surface area contributed by atoms with Crippen molar-refractivity contribution in [2.24, 2.45) is 0 Å². The summed E-state index contributed by atoms with van der Waals surface area (Å²) in [5.41, 5.74) is 6.06. The van der Waals surface area contributed by atoms with Gasteiger partial charge in [-0.3, -0.25) is 4.90 Å². The second-order valence-corrected chi connectivity index (χ2v) is 8.93. The quantitative estimate of drug-likeness (QED) is 0.331. The average Bonchev–Trinajstić information content (AvgIpc) is 3.29. The summed E-state index contributed by atoms with van der Waals surface area (Å²) in [6.45, 7) is 6.01. The second-order valence-electron chi connectivity index (χ2n) is 8.54. The Labute approximate surface area is 207 Å². The molecule has 1 aliphatic heterocycles. The number of allylic oxidation sites excluding steroid dienone is 1. The first kappa shape index (κ1) is 22.9. The van der Waals surface area contributed by atoms with E-state index in [0.29, 0.717) is 28.0 Å². The first-order valence-corrected chi connectivity index (χ1v) is 11.5. The number of hydrogen-bond donors (Lipinski definition) is 1. The van der Waals surface area contributed by atoms with E-state index in [4.69, 9.17) is 16.7 Å². The number of nitrogens with zero attached hydrogens (tertiary/aromatic N) is 3. The first-order valence-electron chi connectivity index (χ1n) is 11.1. The molecule has 1 aromatic heterocycles. The molecule has 0 radical (unpaired) electrons. The van der Waals surface area contributed by atoms with Crippen LogP contribution in [-0.4, -0.2) is 15.3 Å². The summed E-state index contributed by atoms with van der Waals surface area (Å²) in [6, 6.07) is 17.9. The second kappa shape index (κ2) is 9.03. The van der Waals surface area contributed by atoms with Gasteiger partial charge < -0.3 is 9.84 Å². The third-order valence-electron chi connectivity index (χ3n) is 5.91. The van der Waals surface area contributed by atoms with E-state index in [9.17, 15) is 8.78 Å². The Morgan fingerprint density at radius 3 is 2.11 bits per heavy atom. The lowest BCUT2D eigenvalue weighted by atomic mass is 9.94. The van der Waals surface area contributed by atoms with E-state index in [1.165, 1.54) is 24.3 Å². The molecule has 1 atom stereocenters. The molecule has 0 saturated carbocycles. The van der Waals surface area contributed by atoms with Gasteiger partial charge in [-0.2, -0.15) is 4.98 Å². The molecule has 35 heavy (non-hydrogen) atoms. The summed E-state index contributed by atoms with van der Waals surface area (Å²) in [4.78, 5) is 6.56. The van der Waals surface area contributed by atoms with Crippen molar-refractivity contribution < 1.29 is 13.3 Å². The molecule has 0 aliphatic carbocycles. The number of rotatable bonds is 4. The van der Waals surface area contributed by atoms with Gasteiger partial charge in [-0.25, -0.2) is 8.78 Å². The zero-order chi connectivity index (χ0) is 24.7. The van der Waals surface area contributed by atoms with Crippen LogP contribution in [0.1, 0.15) is 35.5 Å². The van der Waals surface area contributed by atoms with Crippen LogP contribution in [0.2, 0.25) is 0 Å². The molecule has 4 aromatic rings. The van der Waals surface area contributed by atoms with E-state index in [-0.39, 0.29) is 11.6 Å². The van der Waals surface area contributed by atoms with Crippen molar-refractivity contribution in [1.82, 2.24) is 15.5 Å². The van der Waals surface area contributed by atoms with Crippen LogP contribution in [0.4, 0.5) is 14.5 Å². The highest BCUT2D eigenvalue weighted by Gasteiger charge is 2.35. The Bertz CT molecular complexity index is 1420. The number of aryl methyl sites for hydroxylation is 2. The molecule has 8 heteroatoms. The zero-order valence-corrected chi connectivity index (χ0v) is 20.2. The minimum absolute atomic E-state index is 0.292. The van der Waals surface area contributed by atoms with Gasteiger partial charge in [0.1, 0.15) is 11.6 Å². The van der Waals surface area contributed by atoms with E-state index in [1.807, 2.05) is 25.7 Å². The molecular formula is C27H22F2N4OS. The molecule has 1 N–H and O–H groups in total. The predicted octanol–water partition coefficient (Wildman–Crippen LogP) is 6.50. The molecule has 176 valence electrons. The van der Waals surface area contributed by atoms with Gasteiger partial charge in [-0.1, -0.05) is 23.4 Å². The Hall–Kier alpha value is -3.91. The molecule has 2 heterocycles. The fourth-order valence-electron chi connectivity index (χ4n) is 4.37. The van der Waals surface area contributed by atoms with Gasteiger partial charge in [-0.15, -0.1) is 0 Å². The van der Waals surface area contributed by atoms with Crippen LogP contribution in [0.25, 0.3) is 17.0 Å². The van der Waals surface area contributed by atoms with Gasteiger partial charge in [0, 0.05) is 16.9 Å². The third kappa shape index (κ3) is 4.44. The number of aromatic nitrogens is 2.